The number of hydrogen-bond donors (Lipinski definition) is 0. The Bertz CT molecular complexity index is 1260. The molecule has 0 radical (unpaired) electrons. The highest BCUT2D eigenvalue weighted by Crippen LogP contribution is 2.36. The summed E-state index contributed by atoms with van der Waals surface area (Å²) in [5, 5.41) is 0. The first-order chi connectivity index (χ1) is 14.6. The van der Waals surface area contributed by atoms with Crippen LogP contribution in [0.25, 0.3) is 27.2 Å². The Morgan fingerprint density at radius 2 is 1.93 bits per heavy atom. The number of nitrogens with zero attached hydrogens (tertiary/aromatic N) is 4. The molecule has 0 fully saturated rings. The number of benzene rings is 2. The fourth-order valence-corrected chi connectivity index (χ4v) is 4.99. The second-order valence-electron chi connectivity index (χ2n) is 7.73. The van der Waals surface area contributed by atoms with E-state index in [9.17, 15) is 0 Å². The molecule has 5 rings (SSSR count). The normalized spacial score (nSPS) is 17.4. The smallest absolute Gasteiger partial charge is 0.118 e. The van der Waals surface area contributed by atoms with Crippen LogP contribution in [-0.4, -0.2) is 26.8 Å². The third-order valence-corrected chi connectivity index (χ3v) is 6.66. The number of allylic oxidation sites excluding steroid dienone is 1. The molecule has 150 valence electrons. The fraction of sp³-hybridized carbons (Fsp3) is 0.200. The van der Waals surface area contributed by atoms with Gasteiger partial charge in [0.05, 0.1) is 21.8 Å². The van der Waals surface area contributed by atoms with Crippen molar-refractivity contribution in [2.45, 2.75) is 26.1 Å². The van der Waals surface area contributed by atoms with Crippen LogP contribution in [0.4, 0.5) is 0 Å². The lowest BCUT2D eigenvalue weighted by Gasteiger charge is -2.38. The summed E-state index contributed by atoms with van der Waals surface area (Å²) in [5.74, 6) is 0. The van der Waals surface area contributed by atoms with Crippen LogP contribution >= 0.6 is 11.3 Å². The standard InChI is InChI=1S/C25H24N4S/c1-17(19-6-4-7-20(14-19)23-8-5-13-28(23)3)29-18(2)26-12-11-24(29)21-9-10-22-25(15-21)30-16-27-22/h4-18H,1-3H3/t17-,18?/m0/s1. The van der Waals surface area contributed by atoms with Crippen LogP contribution in [0.2, 0.25) is 0 Å². The molecule has 5 heteroatoms. The van der Waals surface area contributed by atoms with Gasteiger partial charge < -0.3 is 9.47 Å². The van der Waals surface area contributed by atoms with Gasteiger partial charge in [-0.1, -0.05) is 24.3 Å². The predicted molar refractivity (Wildman–Crippen MR) is 127 cm³/mol. The van der Waals surface area contributed by atoms with Crippen molar-refractivity contribution >= 4 is 33.5 Å². The van der Waals surface area contributed by atoms with E-state index in [1.807, 2.05) is 11.7 Å². The molecule has 2 aromatic heterocycles. The topological polar surface area (TPSA) is 33.4 Å². The maximum absolute atomic E-state index is 4.68. The molecule has 0 amide bonds. The van der Waals surface area contributed by atoms with Gasteiger partial charge in [0.2, 0.25) is 0 Å². The lowest BCUT2D eigenvalue weighted by atomic mass is 9.99. The minimum atomic E-state index is 0.0656. The van der Waals surface area contributed by atoms with E-state index in [0.29, 0.717) is 0 Å². The highest BCUT2D eigenvalue weighted by Gasteiger charge is 2.26. The average molecular weight is 413 g/mol. The lowest BCUT2D eigenvalue weighted by molar-refractivity contribution is 0.252. The first-order valence-corrected chi connectivity index (χ1v) is 11.1. The largest absolute Gasteiger partial charge is 0.351 e. The summed E-state index contributed by atoms with van der Waals surface area (Å²) in [6.45, 7) is 4.42. The van der Waals surface area contributed by atoms with Crippen LogP contribution in [0, 0.1) is 0 Å². The third-order valence-electron chi connectivity index (χ3n) is 5.87. The minimum Gasteiger partial charge on any atom is -0.351 e. The third kappa shape index (κ3) is 3.25. The zero-order chi connectivity index (χ0) is 20.7. The molecule has 0 N–H and O–H groups in total. The molecule has 2 aromatic carbocycles. The van der Waals surface area contributed by atoms with Crippen molar-refractivity contribution in [3.05, 3.63) is 83.5 Å². The van der Waals surface area contributed by atoms with Crippen LogP contribution < -0.4 is 0 Å². The van der Waals surface area contributed by atoms with E-state index in [2.05, 4.69) is 107 Å². The second-order valence-corrected chi connectivity index (χ2v) is 8.62. The summed E-state index contributed by atoms with van der Waals surface area (Å²) in [6.07, 6.45) is 6.21. The number of thiazole rings is 1. The monoisotopic (exact) mass is 412 g/mol. The van der Waals surface area contributed by atoms with Crippen molar-refractivity contribution in [2.75, 3.05) is 0 Å². The quantitative estimate of drug-likeness (QED) is 0.404. The van der Waals surface area contributed by atoms with Gasteiger partial charge in [-0.15, -0.1) is 11.3 Å². The number of rotatable bonds is 4. The molecule has 1 aliphatic heterocycles. The summed E-state index contributed by atoms with van der Waals surface area (Å²) in [7, 11) is 2.09. The summed E-state index contributed by atoms with van der Waals surface area (Å²) in [4.78, 5) is 11.5. The molecule has 0 saturated carbocycles. The van der Waals surface area contributed by atoms with E-state index in [1.165, 1.54) is 32.8 Å². The zero-order valence-electron chi connectivity index (χ0n) is 17.4. The number of fused-ring (bicyclic) bond motifs is 1. The van der Waals surface area contributed by atoms with Gasteiger partial charge in [-0.25, -0.2) is 4.98 Å². The van der Waals surface area contributed by atoms with Crippen molar-refractivity contribution in [3.63, 3.8) is 0 Å². The maximum Gasteiger partial charge on any atom is 0.118 e. The Labute approximate surface area is 180 Å². The number of aliphatic imine (C=N–C) groups is 1. The van der Waals surface area contributed by atoms with Crippen LogP contribution in [-0.2, 0) is 7.05 Å². The summed E-state index contributed by atoms with van der Waals surface area (Å²) in [5.41, 5.74) is 9.10. The lowest BCUT2D eigenvalue weighted by Crippen LogP contribution is -2.34. The predicted octanol–water partition coefficient (Wildman–Crippen LogP) is 6.14. The van der Waals surface area contributed by atoms with E-state index in [0.717, 1.165) is 5.52 Å². The molecule has 4 aromatic rings. The van der Waals surface area contributed by atoms with Crippen molar-refractivity contribution in [1.29, 1.82) is 0 Å². The summed E-state index contributed by atoms with van der Waals surface area (Å²) >= 11 is 1.68. The van der Waals surface area contributed by atoms with Gasteiger partial charge in [-0.3, -0.25) is 4.99 Å². The number of hydrogen-bond acceptors (Lipinski definition) is 4. The van der Waals surface area contributed by atoms with E-state index in [4.69, 9.17) is 0 Å². The Balaban J connectivity index is 1.53. The molecular weight excluding hydrogens is 388 g/mol. The Hall–Kier alpha value is -3.18. The second kappa shape index (κ2) is 7.58. The van der Waals surface area contributed by atoms with Gasteiger partial charge in [0.25, 0.3) is 0 Å². The Morgan fingerprint density at radius 1 is 1.03 bits per heavy atom. The molecule has 0 bridgehead atoms. The van der Waals surface area contributed by atoms with Gasteiger partial charge >= 0.3 is 0 Å². The average Bonchev–Trinajstić information content (AvgIpc) is 3.41. The van der Waals surface area contributed by atoms with Crippen molar-refractivity contribution in [1.82, 2.24) is 14.5 Å². The van der Waals surface area contributed by atoms with Crippen molar-refractivity contribution in [3.8, 4) is 11.3 Å². The van der Waals surface area contributed by atoms with E-state index >= 15 is 0 Å². The molecule has 2 atom stereocenters. The summed E-state index contributed by atoms with van der Waals surface area (Å²) < 4.78 is 3.37. The van der Waals surface area contributed by atoms with Gasteiger partial charge in [-0.05, 0) is 66.9 Å². The van der Waals surface area contributed by atoms with Gasteiger partial charge in [0, 0.05) is 30.9 Å². The van der Waals surface area contributed by atoms with Crippen molar-refractivity contribution < 1.29 is 0 Å². The van der Waals surface area contributed by atoms with Crippen molar-refractivity contribution in [2.24, 2.45) is 12.0 Å². The molecule has 4 nitrogen and oxygen atoms in total. The molecule has 1 unspecified atom stereocenters. The molecule has 1 aliphatic rings. The van der Waals surface area contributed by atoms with Crippen LogP contribution in [0.1, 0.15) is 31.0 Å². The van der Waals surface area contributed by atoms with E-state index in [1.54, 1.807) is 11.3 Å². The SMILES string of the molecule is CC1N=CC=C(c2ccc3ncsc3c2)N1[C@@H](C)c1cccc(-c2cccn2C)c1. The summed E-state index contributed by atoms with van der Waals surface area (Å²) in [6, 6.07) is 19.8. The number of aryl methyl sites for hydroxylation is 1. The first kappa shape index (κ1) is 18.8. The molecular formula is C25H24N4S. The molecule has 0 aliphatic carbocycles. The zero-order valence-corrected chi connectivity index (χ0v) is 18.2. The highest BCUT2D eigenvalue weighted by atomic mass is 32.1. The highest BCUT2D eigenvalue weighted by molar-refractivity contribution is 7.16. The minimum absolute atomic E-state index is 0.0656. The van der Waals surface area contributed by atoms with Crippen LogP contribution in [0.5, 0.6) is 0 Å². The molecule has 0 saturated heterocycles. The van der Waals surface area contributed by atoms with Gasteiger partial charge in [0.15, 0.2) is 0 Å². The van der Waals surface area contributed by atoms with Gasteiger partial charge in [0.1, 0.15) is 6.17 Å². The van der Waals surface area contributed by atoms with E-state index < -0.39 is 0 Å². The Morgan fingerprint density at radius 3 is 2.77 bits per heavy atom. The van der Waals surface area contributed by atoms with E-state index in [-0.39, 0.29) is 12.2 Å². The van der Waals surface area contributed by atoms with Crippen LogP contribution in [0.3, 0.4) is 0 Å². The Kier molecular flexibility index (Phi) is 4.75. The maximum atomic E-state index is 4.68. The fourth-order valence-electron chi connectivity index (χ4n) is 4.27. The number of aromatic nitrogens is 2. The molecule has 30 heavy (non-hydrogen) atoms. The molecule has 3 heterocycles. The van der Waals surface area contributed by atoms with Gasteiger partial charge in [-0.2, -0.15) is 0 Å². The molecule has 0 spiro atoms. The van der Waals surface area contributed by atoms with Crippen LogP contribution in [0.15, 0.2) is 77.4 Å². The first-order valence-electron chi connectivity index (χ1n) is 10.2.